The molecule has 1 aromatic rings. The van der Waals surface area contributed by atoms with Crippen molar-refractivity contribution in [3.8, 4) is 0 Å². The molecule has 4 nitrogen and oxygen atoms in total. The van der Waals surface area contributed by atoms with Crippen molar-refractivity contribution in [1.29, 1.82) is 0 Å². The van der Waals surface area contributed by atoms with Gasteiger partial charge in [-0.3, -0.25) is 4.79 Å². The molecule has 0 radical (unpaired) electrons. The summed E-state index contributed by atoms with van der Waals surface area (Å²) in [5, 5.41) is 2.01. The number of nitrogens with zero attached hydrogens (tertiary/aromatic N) is 1. The minimum atomic E-state index is -0.279. The molecule has 15 heavy (non-hydrogen) atoms. The molecule has 0 bridgehead atoms. The standard InChI is InChI=1S/C10H10N2O2S/c1-12(9(13)11-10(14)15-12)7-8-5-3-2-4-6-8/h2-6H,7H2,1H3/p+1. The van der Waals surface area contributed by atoms with Crippen LogP contribution in [0.3, 0.4) is 0 Å². The van der Waals surface area contributed by atoms with Crippen LogP contribution in [0.4, 0.5) is 9.59 Å². The largest absolute Gasteiger partial charge is 0.436 e. The van der Waals surface area contributed by atoms with E-state index in [0.29, 0.717) is 6.54 Å². The second kappa shape index (κ2) is 3.67. The van der Waals surface area contributed by atoms with Crippen molar-refractivity contribution in [2.75, 3.05) is 7.05 Å². The number of carbonyl (C=O) groups excluding carboxylic acids is 2. The number of hydrogen-bond acceptors (Lipinski definition) is 3. The van der Waals surface area contributed by atoms with Gasteiger partial charge in [0.05, 0.1) is 7.05 Å². The first-order chi connectivity index (χ1) is 7.10. The first-order valence-corrected chi connectivity index (χ1v) is 5.32. The number of nitrogens with one attached hydrogen (secondary N) is 1. The summed E-state index contributed by atoms with van der Waals surface area (Å²) in [4.78, 5) is 22.6. The zero-order valence-electron chi connectivity index (χ0n) is 8.27. The highest BCUT2D eigenvalue weighted by atomic mass is 32.2. The van der Waals surface area contributed by atoms with Gasteiger partial charge in [-0.2, -0.15) is 3.89 Å². The van der Waals surface area contributed by atoms with Gasteiger partial charge in [0.25, 0.3) is 0 Å². The molecule has 0 aromatic heterocycles. The summed E-state index contributed by atoms with van der Waals surface area (Å²) in [6, 6.07) is 9.39. The number of benzene rings is 1. The number of hydrogen-bond donors (Lipinski definition) is 1. The van der Waals surface area contributed by atoms with E-state index in [0.717, 1.165) is 17.5 Å². The van der Waals surface area contributed by atoms with Crippen LogP contribution >= 0.6 is 11.9 Å². The molecule has 1 aliphatic rings. The number of quaternary nitrogens is 1. The van der Waals surface area contributed by atoms with E-state index in [1.54, 1.807) is 7.05 Å². The topological polar surface area (TPSA) is 46.2 Å². The third-order valence-corrected chi connectivity index (χ3v) is 3.22. The summed E-state index contributed by atoms with van der Waals surface area (Å²) in [5.41, 5.74) is 1.04. The lowest BCUT2D eigenvalue weighted by Gasteiger charge is -2.20. The first-order valence-electron chi connectivity index (χ1n) is 4.55. The van der Waals surface area contributed by atoms with Gasteiger partial charge in [-0.05, 0) is 0 Å². The second-order valence-electron chi connectivity index (χ2n) is 3.55. The Morgan fingerprint density at radius 2 is 1.93 bits per heavy atom. The third-order valence-electron chi connectivity index (χ3n) is 2.25. The van der Waals surface area contributed by atoms with E-state index in [1.807, 2.05) is 30.3 Å². The van der Waals surface area contributed by atoms with E-state index in [4.69, 9.17) is 0 Å². The summed E-state index contributed by atoms with van der Waals surface area (Å²) in [6.45, 7) is 0.517. The Kier molecular flexibility index (Phi) is 2.50. The van der Waals surface area contributed by atoms with Gasteiger partial charge in [0, 0.05) is 5.56 Å². The molecule has 1 unspecified atom stereocenters. The van der Waals surface area contributed by atoms with Crippen LogP contribution in [0.25, 0.3) is 0 Å². The van der Waals surface area contributed by atoms with E-state index in [1.165, 1.54) is 0 Å². The molecular formula is C10H11N2O2S+. The van der Waals surface area contributed by atoms with Crippen LogP contribution < -0.4 is 5.32 Å². The molecule has 78 valence electrons. The van der Waals surface area contributed by atoms with Crippen LogP contribution in [0.2, 0.25) is 0 Å². The molecule has 1 atom stereocenters. The van der Waals surface area contributed by atoms with Gasteiger partial charge in [0.1, 0.15) is 6.54 Å². The quantitative estimate of drug-likeness (QED) is 0.617. The minimum Gasteiger partial charge on any atom is -0.255 e. The van der Waals surface area contributed by atoms with Crippen LogP contribution in [-0.4, -0.2) is 22.2 Å². The summed E-state index contributed by atoms with van der Waals surface area (Å²) < 4.78 is 0.0306. The lowest BCUT2D eigenvalue weighted by atomic mass is 10.2. The van der Waals surface area contributed by atoms with Crippen LogP contribution in [-0.2, 0) is 6.54 Å². The van der Waals surface area contributed by atoms with Crippen molar-refractivity contribution in [1.82, 2.24) is 5.32 Å². The molecule has 2 rings (SSSR count). The Balaban J connectivity index is 2.18. The molecule has 5 heteroatoms. The Morgan fingerprint density at radius 3 is 2.47 bits per heavy atom. The monoisotopic (exact) mass is 223 g/mol. The fraction of sp³-hybridized carbons (Fsp3) is 0.200. The van der Waals surface area contributed by atoms with Gasteiger partial charge in [0.15, 0.2) is 11.9 Å². The maximum absolute atomic E-state index is 11.5. The molecular weight excluding hydrogens is 212 g/mol. The average molecular weight is 223 g/mol. The SMILES string of the molecule is C[N+]1(Cc2ccccc2)SC(=O)NC1=O. The Morgan fingerprint density at radius 1 is 1.27 bits per heavy atom. The highest BCUT2D eigenvalue weighted by Crippen LogP contribution is 2.29. The lowest BCUT2D eigenvalue weighted by Crippen LogP contribution is -2.41. The Labute approximate surface area is 92.0 Å². The van der Waals surface area contributed by atoms with Crippen LogP contribution in [0.1, 0.15) is 5.56 Å². The van der Waals surface area contributed by atoms with Gasteiger partial charge >= 0.3 is 11.3 Å². The van der Waals surface area contributed by atoms with Crippen molar-refractivity contribution < 1.29 is 13.5 Å². The second-order valence-corrected chi connectivity index (χ2v) is 4.91. The van der Waals surface area contributed by atoms with Gasteiger partial charge in [-0.1, -0.05) is 30.3 Å². The number of carbonyl (C=O) groups is 2. The van der Waals surface area contributed by atoms with Gasteiger partial charge < -0.3 is 0 Å². The lowest BCUT2D eigenvalue weighted by molar-refractivity contribution is -0.696. The number of amides is 3. The maximum Gasteiger partial charge on any atom is 0.436 e. The number of rotatable bonds is 2. The first kappa shape index (κ1) is 10.2. The molecule has 0 aliphatic carbocycles. The minimum absolute atomic E-state index is 0.0306. The van der Waals surface area contributed by atoms with Gasteiger partial charge in [0.2, 0.25) is 0 Å². The molecule has 3 amide bonds. The average Bonchev–Trinajstić information content (AvgIpc) is 2.41. The highest BCUT2D eigenvalue weighted by Gasteiger charge is 2.45. The van der Waals surface area contributed by atoms with Gasteiger partial charge in [-0.15, -0.1) is 0 Å². The van der Waals surface area contributed by atoms with Crippen LogP contribution in [0, 0.1) is 0 Å². The van der Waals surface area contributed by atoms with Crippen LogP contribution in [0.5, 0.6) is 0 Å². The molecule has 1 N–H and O–H groups in total. The Hall–Kier alpha value is -1.33. The van der Waals surface area contributed by atoms with E-state index in [2.05, 4.69) is 5.32 Å². The molecule has 1 aliphatic heterocycles. The molecule has 0 saturated carbocycles. The summed E-state index contributed by atoms with van der Waals surface area (Å²) in [7, 11) is 1.73. The zero-order chi connectivity index (χ0) is 10.9. The molecule has 1 saturated heterocycles. The van der Waals surface area contributed by atoms with E-state index >= 15 is 0 Å². The van der Waals surface area contributed by atoms with Gasteiger partial charge in [-0.25, -0.2) is 10.1 Å². The van der Waals surface area contributed by atoms with Crippen LogP contribution in [0.15, 0.2) is 30.3 Å². The van der Waals surface area contributed by atoms with Crippen molar-refractivity contribution in [2.24, 2.45) is 0 Å². The molecule has 1 fully saturated rings. The van der Waals surface area contributed by atoms with Crippen molar-refractivity contribution >= 4 is 23.2 Å². The van der Waals surface area contributed by atoms with E-state index in [9.17, 15) is 9.59 Å². The van der Waals surface area contributed by atoms with E-state index in [-0.39, 0.29) is 15.2 Å². The number of urea groups is 1. The predicted molar refractivity (Wildman–Crippen MR) is 57.8 cm³/mol. The Bertz CT molecular complexity index is 407. The molecule has 0 spiro atoms. The number of imide groups is 1. The van der Waals surface area contributed by atoms with Crippen molar-refractivity contribution in [3.63, 3.8) is 0 Å². The highest BCUT2D eigenvalue weighted by molar-refractivity contribution is 8.09. The normalized spacial score (nSPS) is 25.4. The zero-order valence-corrected chi connectivity index (χ0v) is 9.08. The summed E-state index contributed by atoms with van der Waals surface area (Å²) in [5.74, 6) is 0. The fourth-order valence-electron chi connectivity index (χ4n) is 1.49. The van der Waals surface area contributed by atoms with Crippen molar-refractivity contribution in [2.45, 2.75) is 6.54 Å². The van der Waals surface area contributed by atoms with E-state index < -0.39 is 0 Å². The predicted octanol–water partition coefficient (Wildman–Crippen LogP) is 2.12. The molecule has 1 heterocycles. The summed E-state index contributed by atoms with van der Waals surface area (Å²) in [6.07, 6.45) is 0. The third kappa shape index (κ3) is 2.03. The summed E-state index contributed by atoms with van der Waals surface area (Å²) >= 11 is 1.01. The molecule has 1 aromatic carbocycles. The van der Waals surface area contributed by atoms with Crippen molar-refractivity contribution in [3.05, 3.63) is 35.9 Å². The smallest absolute Gasteiger partial charge is 0.255 e. The maximum atomic E-state index is 11.5. The fourth-order valence-corrected chi connectivity index (χ4v) is 2.33.